The smallest absolute Gasteiger partial charge is 0.251 e. The molecule has 0 spiro atoms. The lowest BCUT2D eigenvalue weighted by Crippen LogP contribution is -2.36. The van der Waals surface area contributed by atoms with Crippen LogP contribution in [-0.4, -0.2) is 42.6 Å². The van der Waals surface area contributed by atoms with E-state index in [1.807, 2.05) is 26.0 Å². The van der Waals surface area contributed by atoms with Gasteiger partial charge in [0.05, 0.1) is 16.7 Å². The number of carbonyl (C=O) groups is 1. The van der Waals surface area contributed by atoms with E-state index < -0.39 is 9.84 Å². The molecule has 1 amide bonds. The first-order valence-electron chi connectivity index (χ1n) is 11.6. The fraction of sp³-hybridized carbons (Fsp3) is 0.400. The maximum atomic E-state index is 12.8. The summed E-state index contributed by atoms with van der Waals surface area (Å²) in [6, 6.07) is 10.6. The number of nitrogens with one attached hydrogen (secondary N) is 2. The molecule has 0 saturated carbocycles. The summed E-state index contributed by atoms with van der Waals surface area (Å²) in [5.74, 6) is 0.524. The van der Waals surface area contributed by atoms with Gasteiger partial charge >= 0.3 is 0 Å². The Bertz CT molecular complexity index is 1170. The lowest BCUT2D eigenvalue weighted by atomic mass is 10.1. The molecule has 1 aliphatic heterocycles. The predicted molar refractivity (Wildman–Crippen MR) is 132 cm³/mol. The number of nitrogens with zero attached hydrogens (tertiary/aromatic N) is 2. The second-order valence-electron chi connectivity index (χ2n) is 7.90. The first-order valence-corrected chi connectivity index (χ1v) is 13.3. The Kier molecular flexibility index (Phi) is 8.95. The monoisotopic (exact) mass is 484 g/mol. The molecule has 2 aromatic heterocycles. The van der Waals surface area contributed by atoms with Crippen molar-refractivity contribution in [1.82, 2.24) is 20.6 Å². The Hall–Kier alpha value is -3.04. The van der Waals surface area contributed by atoms with Gasteiger partial charge in [-0.3, -0.25) is 9.78 Å². The van der Waals surface area contributed by atoms with Crippen LogP contribution in [0.25, 0.3) is 11.5 Å². The molecule has 1 saturated heterocycles. The van der Waals surface area contributed by atoms with Crippen molar-refractivity contribution in [3.05, 3.63) is 71.4 Å². The standard InChI is InChI=1S/C23H26N4O4S.C2H6/c1-16-21(15-32(29,30)20-8-11-24-12-9-20)27-23(31-16)19-6-4-18(5-7-19)22(28)26-14-17-3-2-10-25-13-17;1-2/h2-7,10,13,20,24H,8-9,11-12,14-15H2,1H3,(H,26,28);1-2H3. The van der Waals surface area contributed by atoms with Crippen LogP contribution in [0.3, 0.4) is 0 Å². The van der Waals surface area contributed by atoms with Gasteiger partial charge in [0, 0.05) is 30.1 Å². The molecule has 34 heavy (non-hydrogen) atoms. The molecule has 0 bridgehead atoms. The van der Waals surface area contributed by atoms with Gasteiger partial charge in [-0.05, 0) is 68.8 Å². The fourth-order valence-corrected chi connectivity index (χ4v) is 5.54. The molecule has 182 valence electrons. The van der Waals surface area contributed by atoms with Crippen LogP contribution in [0.15, 0.2) is 53.2 Å². The van der Waals surface area contributed by atoms with Gasteiger partial charge in [-0.15, -0.1) is 0 Å². The molecule has 9 heteroatoms. The normalized spacial score (nSPS) is 14.2. The Balaban J connectivity index is 0.00000158. The van der Waals surface area contributed by atoms with E-state index in [2.05, 4.69) is 20.6 Å². The van der Waals surface area contributed by atoms with Crippen LogP contribution in [0.2, 0.25) is 0 Å². The van der Waals surface area contributed by atoms with Gasteiger partial charge in [-0.2, -0.15) is 0 Å². The van der Waals surface area contributed by atoms with Crippen molar-refractivity contribution in [1.29, 1.82) is 0 Å². The number of aryl methyl sites for hydroxylation is 1. The van der Waals surface area contributed by atoms with E-state index in [-0.39, 0.29) is 16.9 Å². The molecule has 2 N–H and O–H groups in total. The summed E-state index contributed by atoms with van der Waals surface area (Å²) in [7, 11) is -3.29. The van der Waals surface area contributed by atoms with Gasteiger partial charge in [0.1, 0.15) is 5.76 Å². The molecule has 1 aromatic carbocycles. The number of benzene rings is 1. The van der Waals surface area contributed by atoms with Crippen LogP contribution in [0.4, 0.5) is 0 Å². The van der Waals surface area contributed by atoms with E-state index in [0.717, 1.165) is 18.7 Å². The number of amides is 1. The molecule has 8 nitrogen and oxygen atoms in total. The van der Waals surface area contributed by atoms with Gasteiger partial charge < -0.3 is 15.1 Å². The third-order valence-electron chi connectivity index (χ3n) is 5.59. The summed E-state index contributed by atoms with van der Waals surface area (Å²) in [5.41, 5.74) is 2.55. The number of aromatic nitrogens is 2. The first kappa shape index (κ1) is 25.6. The van der Waals surface area contributed by atoms with E-state index in [4.69, 9.17) is 4.42 Å². The molecule has 0 atom stereocenters. The summed E-state index contributed by atoms with van der Waals surface area (Å²) >= 11 is 0. The van der Waals surface area contributed by atoms with Gasteiger partial charge in [-0.1, -0.05) is 19.9 Å². The zero-order valence-corrected chi connectivity index (χ0v) is 20.7. The summed E-state index contributed by atoms with van der Waals surface area (Å²) in [6.45, 7) is 7.55. The summed E-state index contributed by atoms with van der Waals surface area (Å²) < 4.78 is 31.3. The SMILES string of the molecule is CC.Cc1oc(-c2ccc(C(=O)NCc3cccnc3)cc2)nc1CS(=O)(=O)C1CCNCC1. The van der Waals surface area contributed by atoms with Crippen LogP contribution >= 0.6 is 0 Å². The summed E-state index contributed by atoms with van der Waals surface area (Å²) in [4.78, 5) is 20.9. The highest BCUT2D eigenvalue weighted by Gasteiger charge is 2.29. The lowest BCUT2D eigenvalue weighted by Gasteiger charge is -2.22. The number of sulfone groups is 1. The fourth-order valence-electron chi connectivity index (χ4n) is 3.70. The number of carbonyl (C=O) groups excluding carboxylic acids is 1. The number of pyridine rings is 1. The minimum atomic E-state index is -3.29. The van der Waals surface area contributed by atoms with E-state index in [1.165, 1.54) is 0 Å². The molecule has 3 aromatic rings. The van der Waals surface area contributed by atoms with Crippen LogP contribution < -0.4 is 10.6 Å². The zero-order valence-electron chi connectivity index (χ0n) is 19.9. The molecule has 4 rings (SSSR count). The number of oxazole rings is 1. The van der Waals surface area contributed by atoms with Crippen molar-refractivity contribution in [2.75, 3.05) is 13.1 Å². The van der Waals surface area contributed by atoms with Crippen molar-refractivity contribution in [2.24, 2.45) is 0 Å². The second-order valence-corrected chi connectivity index (χ2v) is 10.2. The molecular weight excluding hydrogens is 452 g/mol. The third-order valence-corrected chi connectivity index (χ3v) is 7.76. The largest absolute Gasteiger partial charge is 0.441 e. The molecule has 3 heterocycles. The number of hydrogen-bond donors (Lipinski definition) is 2. The maximum Gasteiger partial charge on any atom is 0.251 e. The lowest BCUT2D eigenvalue weighted by molar-refractivity contribution is 0.0951. The second kappa shape index (κ2) is 11.9. The van der Waals surface area contributed by atoms with Crippen molar-refractivity contribution in [2.45, 2.75) is 51.2 Å². The summed E-state index contributed by atoms with van der Waals surface area (Å²) in [6.07, 6.45) is 4.63. The summed E-state index contributed by atoms with van der Waals surface area (Å²) in [5, 5.41) is 5.70. The number of hydrogen-bond acceptors (Lipinski definition) is 7. The van der Waals surface area contributed by atoms with E-state index in [0.29, 0.717) is 47.9 Å². The topological polar surface area (TPSA) is 114 Å². The van der Waals surface area contributed by atoms with Crippen molar-refractivity contribution >= 4 is 15.7 Å². The Morgan fingerprint density at radius 3 is 2.50 bits per heavy atom. The highest BCUT2D eigenvalue weighted by Crippen LogP contribution is 2.25. The molecular formula is C25H32N4O4S. The van der Waals surface area contributed by atoms with Crippen molar-refractivity contribution < 1.29 is 17.6 Å². The molecule has 0 aliphatic carbocycles. The first-order chi connectivity index (χ1) is 16.4. The minimum Gasteiger partial charge on any atom is -0.441 e. The number of piperidine rings is 1. The van der Waals surface area contributed by atoms with Crippen LogP contribution in [0.5, 0.6) is 0 Å². The van der Waals surface area contributed by atoms with Crippen LogP contribution in [-0.2, 0) is 22.1 Å². The van der Waals surface area contributed by atoms with Crippen molar-refractivity contribution in [3.8, 4) is 11.5 Å². The molecule has 1 aliphatic rings. The maximum absolute atomic E-state index is 12.8. The average molecular weight is 485 g/mol. The van der Waals surface area contributed by atoms with Crippen molar-refractivity contribution in [3.63, 3.8) is 0 Å². The predicted octanol–water partition coefficient (Wildman–Crippen LogP) is 3.67. The molecule has 0 unspecified atom stereocenters. The highest BCUT2D eigenvalue weighted by molar-refractivity contribution is 7.91. The quantitative estimate of drug-likeness (QED) is 0.526. The van der Waals surface area contributed by atoms with Gasteiger partial charge in [0.15, 0.2) is 9.84 Å². The van der Waals surface area contributed by atoms with E-state index >= 15 is 0 Å². The van der Waals surface area contributed by atoms with E-state index in [9.17, 15) is 13.2 Å². The minimum absolute atomic E-state index is 0.123. The molecule has 1 fully saturated rings. The number of rotatable bonds is 7. The average Bonchev–Trinajstić information content (AvgIpc) is 3.24. The van der Waals surface area contributed by atoms with Gasteiger partial charge in [-0.25, -0.2) is 13.4 Å². The highest BCUT2D eigenvalue weighted by atomic mass is 32.2. The van der Waals surface area contributed by atoms with Gasteiger partial charge in [0.25, 0.3) is 5.91 Å². The van der Waals surface area contributed by atoms with E-state index in [1.54, 1.807) is 43.6 Å². The Morgan fingerprint density at radius 1 is 1.15 bits per heavy atom. The Morgan fingerprint density at radius 2 is 1.85 bits per heavy atom. The van der Waals surface area contributed by atoms with Crippen LogP contribution in [0.1, 0.15) is 54.1 Å². The van der Waals surface area contributed by atoms with Crippen LogP contribution in [0, 0.1) is 6.92 Å². The zero-order chi connectivity index (χ0) is 24.6. The third kappa shape index (κ3) is 6.51. The Labute approximate surface area is 201 Å². The molecule has 0 radical (unpaired) electrons. The van der Waals surface area contributed by atoms with Gasteiger partial charge in [0.2, 0.25) is 5.89 Å².